The van der Waals surface area contributed by atoms with Crippen molar-refractivity contribution >= 4 is 80.6 Å². The molecule has 3 heterocycles. The van der Waals surface area contributed by atoms with E-state index in [1.807, 2.05) is 11.3 Å². The predicted octanol–water partition coefficient (Wildman–Crippen LogP) is 10.5. The third kappa shape index (κ3) is 4.06. The Morgan fingerprint density at radius 3 is 1.96 bits per heavy atom. The van der Waals surface area contributed by atoms with Crippen molar-refractivity contribution in [1.82, 2.24) is 9.88 Å². The van der Waals surface area contributed by atoms with E-state index in [0.717, 1.165) is 27.5 Å². The molecule has 8 aromatic carbocycles. The van der Waals surface area contributed by atoms with Crippen LogP contribution in [-0.4, -0.2) is 4.57 Å². The van der Waals surface area contributed by atoms with Crippen LogP contribution >= 0.6 is 11.3 Å². The number of thiophene rings is 1. The van der Waals surface area contributed by atoms with Gasteiger partial charge in [0.05, 0.1) is 22.1 Å². The lowest BCUT2D eigenvalue weighted by Crippen LogP contribution is -2.39. The Balaban J connectivity index is 1.09. The van der Waals surface area contributed by atoms with Gasteiger partial charge in [-0.15, -0.1) is 11.3 Å². The third-order valence-corrected chi connectivity index (χ3v) is 11.5. The molecule has 0 saturated heterocycles. The summed E-state index contributed by atoms with van der Waals surface area (Å²) in [5.41, 5.74) is 6.94. The minimum atomic E-state index is -0.243. The number of benzene rings is 8. The van der Waals surface area contributed by atoms with Crippen LogP contribution < -0.4 is 15.9 Å². The van der Waals surface area contributed by atoms with Crippen LogP contribution in [-0.2, 0) is 0 Å². The van der Waals surface area contributed by atoms with Crippen molar-refractivity contribution in [1.29, 1.82) is 0 Å². The van der Waals surface area contributed by atoms with E-state index >= 15 is 0 Å². The normalized spacial score (nSPS) is 14.5. The van der Waals surface area contributed by atoms with E-state index in [9.17, 15) is 0 Å². The zero-order chi connectivity index (χ0) is 32.8. The molecule has 0 spiro atoms. The quantitative estimate of drug-likeness (QED) is 0.202. The van der Waals surface area contributed by atoms with Crippen LogP contribution in [0.25, 0.3) is 74.9 Å². The van der Waals surface area contributed by atoms with Crippen LogP contribution in [0.15, 0.2) is 169 Å². The van der Waals surface area contributed by atoms with Gasteiger partial charge in [-0.2, -0.15) is 0 Å². The standard InChI is InChI=1S/C46H29N3S/c1-3-14-33-28(10-1)21-24-39-43(33)44-34-15-4-2-11-29(34)22-25-40(44)49(39)32-13-9-12-31(26-32)46-47-38-18-7-5-17-37(38)45(48-46)30-20-23-36-35-16-6-8-19-41(35)50-42(36)27-30/h1-27,46,48H. The first-order valence-electron chi connectivity index (χ1n) is 17.1. The molecule has 0 radical (unpaired) electrons. The Morgan fingerprint density at radius 1 is 0.520 bits per heavy atom. The second-order valence-electron chi connectivity index (χ2n) is 13.2. The van der Waals surface area contributed by atoms with Crippen molar-refractivity contribution in [2.45, 2.75) is 6.17 Å². The maximum Gasteiger partial charge on any atom is 0.145 e. The van der Waals surface area contributed by atoms with Gasteiger partial charge in [0.1, 0.15) is 6.17 Å². The van der Waals surface area contributed by atoms with Gasteiger partial charge in [-0.25, -0.2) is 0 Å². The number of nitrogens with one attached hydrogen (secondary N) is 1. The highest BCUT2D eigenvalue weighted by molar-refractivity contribution is 7.25. The van der Waals surface area contributed by atoms with Crippen LogP contribution in [0.1, 0.15) is 17.3 Å². The molecule has 0 aliphatic carbocycles. The summed E-state index contributed by atoms with van der Waals surface area (Å²) in [5.74, 6) is 0. The number of hydrogen-bond acceptors (Lipinski definition) is 3. The van der Waals surface area contributed by atoms with Gasteiger partial charge in [0, 0.05) is 41.9 Å². The minimum Gasteiger partial charge on any atom is -0.359 e. The summed E-state index contributed by atoms with van der Waals surface area (Å²) >= 11 is 1.85. The van der Waals surface area contributed by atoms with Crippen molar-refractivity contribution in [2.75, 3.05) is 0 Å². The molecule has 0 fully saturated rings. The fourth-order valence-corrected chi connectivity index (χ4v) is 9.27. The zero-order valence-corrected chi connectivity index (χ0v) is 27.8. The average Bonchev–Trinajstić information content (AvgIpc) is 3.73. The van der Waals surface area contributed by atoms with E-state index in [1.54, 1.807) is 0 Å². The van der Waals surface area contributed by atoms with Crippen molar-refractivity contribution in [3.63, 3.8) is 0 Å². The number of aromatic nitrogens is 1. The second kappa shape index (κ2) is 10.6. The van der Waals surface area contributed by atoms with E-state index in [0.29, 0.717) is 0 Å². The summed E-state index contributed by atoms with van der Waals surface area (Å²) in [4.78, 5) is 5.28. The first kappa shape index (κ1) is 27.7. The third-order valence-electron chi connectivity index (χ3n) is 10.4. The van der Waals surface area contributed by atoms with E-state index in [-0.39, 0.29) is 6.17 Å². The summed E-state index contributed by atoms with van der Waals surface area (Å²) in [7, 11) is 0. The Hall–Kier alpha value is -6.23. The molecule has 0 saturated carbocycles. The lowest BCUT2D eigenvalue weighted by Gasteiger charge is -2.23. The molecule has 234 valence electrons. The van der Waals surface area contributed by atoms with Crippen molar-refractivity contribution in [2.24, 2.45) is 4.99 Å². The lowest BCUT2D eigenvalue weighted by atomic mass is 10.00. The van der Waals surface area contributed by atoms with Gasteiger partial charge in [-0.1, -0.05) is 121 Å². The van der Waals surface area contributed by atoms with E-state index in [2.05, 4.69) is 174 Å². The zero-order valence-electron chi connectivity index (χ0n) is 27.0. The Labute approximate surface area is 291 Å². The number of fused-ring (bicyclic) bond motifs is 11. The van der Waals surface area contributed by atoms with Crippen LogP contribution in [0.3, 0.4) is 0 Å². The van der Waals surface area contributed by atoms with Gasteiger partial charge >= 0.3 is 0 Å². The highest BCUT2D eigenvalue weighted by Gasteiger charge is 2.21. The maximum absolute atomic E-state index is 5.28. The maximum atomic E-state index is 5.28. The second-order valence-corrected chi connectivity index (χ2v) is 14.3. The lowest BCUT2D eigenvalue weighted by molar-refractivity contribution is 0.634. The molecule has 2 aromatic heterocycles. The molecule has 1 aliphatic heterocycles. The molecule has 4 heteroatoms. The molecule has 10 aromatic rings. The first-order valence-corrected chi connectivity index (χ1v) is 17.9. The molecule has 0 bridgehead atoms. The summed E-state index contributed by atoms with van der Waals surface area (Å²) in [6.07, 6.45) is -0.243. The SMILES string of the molecule is c1cc(C2N=c3ccccc3=C(c3ccc4c(c3)sc3ccccc34)N2)cc(-n2c3ccc4ccccc4c3c3c4ccccc4ccc32)c1. The van der Waals surface area contributed by atoms with Gasteiger partial charge in [-0.3, -0.25) is 4.99 Å². The molecule has 11 rings (SSSR count). The molecular formula is C46H29N3S. The van der Waals surface area contributed by atoms with Crippen LogP contribution in [0, 0.1) is 0 Å². The number of rotatable bonds is 3. The molecule has 0 amide bonds. The summed E-state index contributed by atoms with van der Waals surface area (Å²) < 4.78 is 5.05. The summed E-state index contributed by atoms with van der Waals surface area (Å²) in [6, 6.07) is 59.5. The number of nitrogens with zero attached hydrogens (tertiary/aromatic N) is 2. The van der Waals surface area contributed by atoms with E-state index in [1.165, 1.54) is 69.1 Å². The molecule has 50 heavy (non-hydrogen) atoms. The van der Waals surface area contributed by atoms with E-state index < -0.39 is 0 Å². The minimum absolute atomic E-state index is 0.243. The van der Waals surface area contributed by atoms with Crippen LogP contribution in [0.2, 0.25) is 0 Å². The average molecular weight is 656 g/mol. The summed E-state index contributed by atoms with van der Waals surface area (Å²) in [6.45, 7) is 0. The molecular weight excluding hydrogens is 627 g/mol. The smallest absolute Gasteiger partial charge is 0.145 e. The molecule has 1 unspecified atom stereocenters. The Kier molecular flexibility index (Phi) is 5.89. The van der Waals surface area contributed by atoms with Crippen LogP contribution in [0.4, 0.5) is 0 Å². The fourth-order valence-electron chi connectivity index (χ4n) is 8.12. The largest absolute Gasteiger partial charge is 0.359 e. The van der Waals surface area contributed by atoms with Gasteiger partial charge in [0.2, 0.25) is 0 Å². The van der Waals surface area contributed by atoms with Crippen molar-refractivity contribution < 1.29 is 0 Å². The molecule has 1 aliphatic rings. The highest BCUT2D eigenvalue weighted by atomic mass is 32.1. The molecule has 3 nitrogen and oxygen atoms in total. The Morgan fingerprint density at radius 2 is 1.18 bits per heavy atom. The topological polar surface area (TPSA) is 29.3 Å². The van der Waals surface area contributed by atoms with Gasteiger partial charge < -0.3 is 9.88 Å². The molecule has 1 N–H and O–H groups in total. The molecule has 1 atom stereocenters. The predicted molar refractivity (Wildman–Crippen MR) is 211 cm³/mol. The van der Waals surface area contributed by atoms with Crippen molar-refractivity contribution in [3.05, 3.63) is 185 Å². The van der Waals surface area contributed by atoms with Gasteiger partial charge in [0.25, 0.3) is 0 Å². The van der Waals surface area contributed by atoms with Gasteiger partial charge in [-0.05, 0) is 75.1 Å². The van der Waals surface area contributed by atoms with E-state index in [4.69, 9.17) is 4.99 Å². The van der Waals surface area contributed by atoms with Gasteiger partial charge in [0.15, 0.2) is 0 Å². The highest BCUT2D eigenvalue weighted by Crippen LogP contribution is 2.41. The Bertz CT molecular complexity index is 3050. The number of hydrogen-bond donors (Lipinski definition) is 1. The number of para-hydroxylation sites is 1. The first-order chi connectivity index (χ1) is 24.8. The fraction of sp³-hybridized carbons (Fsp3) is 0.0217. The summed E-state index contributed by atoms with van der Waals surface area (Å²) in [5, 5.41) is 16.3. The van der Waals surface area contributed by atoms with Crippen LogP contribution in [0.5, 0.6) is 0 Å². The van der Waals surface area contributed by atoms with Crippen molar-refractivity contribution in [3.8, 4) is 5.69 Å². The monoisotopic (exact) mass is 655 g/mol.